The Morgan fingerprint density at radius 2 is 2.05 bits per heavy atom. The van der Waals surface area contributed by atoms with Gasteiger partial charge in [-0.15, -0.1) is 11.6 Å². The molecule has 0 saturated heterocycles. The molecule has 1 rings (SSSR count). The first-order valence-electron chi connectivity index (χ1n) is 7.04. The number of hydrogen-bond acceptors (Lipinski definition) is 2. The lowest BCUT2D eigenvalue weighted by Crippen LogP contribution is -2.38. The van der Waals surface area contributed by atoms with E-state index in [-0.39, 0.29) is 11.3 Å². The second kappa shape index (κ2) is 8.15. The van der Waals surface area contributed by atoms with Gasteiger partial charge in [0.2, 0.25) is 5.91 Å². The molecule has 0 saturated carbocycles. The number of carbonyl (C=O) groups is 1. The summed E-state index contributed by atoms with van der Waals surface area (Å²) in [6, 6.07) is 7.57. The second-order valence-corrected chi connectivity index (χ2v) is 5.41. The number of benzene rings is 1. The first-order valence-corrected chi connectivity index (χ1v) is 7.58. The van der Waals surface area contributed by atoms with Crippen molar-refractivity contribution in [2.75, 3.05) is 19.5 Å². The predicted molar refractivity (Wildman–Crippen MR) is 83.4 cm³/mol. The standard InChI is InChI=1S/C16H24ClNO2/c1-4-16(5-2,11-17)12-18-15(19)10-13-7-6-8-14(9-13)20-3/h6-9H,4-5,10-12H2,1-3H3,(H,18,19). The number of ether oxygens (including phenoxy) is 1. The Labute approximate surface area is 126 Å². The monoisotopic (exact) mass is 297 g/mol. The van der Waals surface area contributed by atoms with Crippen LogP contribution in [-0.4, -0.2) is 25.4 Å². The fourth-order valence-electron chi connectivity index (χ4n) is 2.05. The van der Waals surface area contributed by atoms with Crippen molar-refractivity contribution >= 4 is 17.5 Å². The summed E-state index contributed by atoms with van der Waals surface area (Å²) < 4.78 is 5.15. The molecule has 1 N–H and O–H groups in total. The smallest absolute Gasteiger partial charge is 0.224 e. The predicted octanol–water partition coefficient (Wildman–Crippen LogP) is 3.40. The van der Waals surface area contributed by atoms with Crippen LogP contribution in [0, 0.1) is 5.41 Å². The molecule has 0 atom stereocenters. The molecule has 3 nitrogen and oxygen atoms in total. The van der Waals surface area contributed by atoms with Crippen LogP contribution in [0.2, 0.25) is 0 Å². The van der Waals surface area contributed by atoms with Gasteiger partial charge in [0, 0.05) is 17.8 Å². The summed E-state index contributed by atoms with van der Waals surface area (Å²) in [7, 11) is 1.62. The van der Waals surface area contributed by atoms with Crippen LogP contribution in [0.25, 0.3) is 0 Å². The Morgan fingerprint density at radius 3 is 2.60 bits per heavy atom. The topological polar surface area (TPSA) is 38.3 Å². The SMILES string of the molecule is CCC(CC)(CCl)CNC(=O)Cc1cccc(OC)c1. The van der Waals surface area contributed by atoms with Crippen molar-refractivity contribution in [3.63, 3.8) is 0 Å². The van der Waals surface area contributed by atoms with Crippen LogP contribution in [0.1, 0.15) is 32.3 Å². The minimum absolute atomic E-state index is 0.00555. The molecule has 0 aliphatic carbocycles. The lowest BCUT2D eigenvalue weighted by atomic mass is 9.84. The van der Waals surface area contributed by atoms with Gasteiger partial charge >= 0.3 is 0 Å². The first kappa shape index (κ1) is 16.8. The van der Waals surface area contributed by atoms with Crippen molar-refractivity contribution in [1.82, 2.24) is 5.32 Å². The molecule has 0 fully saturated rings. The van der Waals surface area contributed by atoms with Gasteiger partial charge in [0.15, 0.2) is 0 Å². The maximum Gasteiger partial charge on any atom is 0.224 e. The van der Waals surface area contributed by atoms with Crippen molar-refractivity contribution in [3.8, 4) is 5.75 Å². The third-order valence-electron chi connectivity index (χ3n) is 3.94. The molecule has 20 heavy (non-hydrogen) atoms. The van der Waals surface area contributed by atoms with Gasteiger partial charge in [-0.1, -0.05) is 26.0 Å². The summed E-state index contributed by atoms with van der Waals surface area (Å²) in [5, 5.41) is 3.00. The Balaban J connectivity index is 2.55. The van der Waals surface area contributed by atoms with E-state index >= 15 is 0 Å². The van der Waals surface area contributed by atoms with E-state index in [0.717, 1.165) is 24.2 Å². The molecular weight excluding hydrogens is 274 g/mol. The normalized spacial score (nSPS) is 11.2. The molecule has 0 unspecified atom stereocenters. The first-order chi connectivity index (χ1) is 9.59. The summed E-state index contributed by atoms with van der Waals surface area (Å²) in [6.07, 6.45) is 2.29. The number of carbonyl (C=O) groups excluding carboxylic acids is 1. The lowest BCUT2D eigenvalue weighted by Gasteiger charge is -2.29. The number of nitrogens with one attached hydrogen (secondary N) is 1. The van der Waals surface area contributed by atoms with Crippen LogP contribution in [0.5, 0.6) is 5.75 Å². The average Bonchev–Trinajstić information content (AvgIpc) is 2.49. The third kappa shape index (κ3) is 4.71. The quantitative estimate of drug-likeness (QED) is 0.747. The number of halogens is 1. The van der Waals surface area contributed by atoms with Gasteiger partial charge in [0.25, 0.3) is 0 Å². The average molecular weight is 298 g/mol. The lowest BCUT2D eigenvalue weighted by molar-refractivity contribution is -0.120. The molecule has 0 aliphatic heterocycles. The second-order valence-electron chi connectivity index (χ2n) is 5.15. The summed E-state index contributed by atoms with van der Waals surface area (Å²) >= 11 is 6.04. The van der Waals surface area contributed by atoms with E-state index in [1.807, 2.05) is 24.3 Å². The van der Waals surface area contributed by atoms with Gasteiger partial charge < -0.3 is 10.1 Å². The van der Waals surface area contributed by atoms with Crippen molar-refractivity contribution in [2.24, 2.45) is 5.41 Å². The highest BCUT2D eigenvalue weighted by Gasteiger charge is 2.25. The van der Waals surface area contributed by atoms with Crippen molar-refractivity contribution in [1.29, 1.82) is 0 Å². The molecule has 0 aromatic heterocycles. The van der Waals surface area contributed by atoms with Gasteiger partial charge in [-0.2, -0.15) is 0 Å². The molecule has 0 radical (unpaired) electrons. The zero-order valence-electron chi connectivity index (χ0n) is 12.5. The van der Waals surface area contributed by atoms with E-state index in [2.05, 4.69) is 19.2 Å². The van der Waals surface area contributed by atoms with Gasteiger partial charge in [-0.05, 0) is 30.5 Å². The molecule has 0 spiro atoms. The molecule has 1 aromatic carbocycles. The Morgan fingerprint density at radius 1 is 1.35 bits per heavy atom. The van der Waals surface area contributed by atoms with Crippen LogP contribution in [0.15, 0.2) is 24.3 Å². The fraction of sp³-hybridized carbons (Fsp3) is 0.562. The number of hydrogen-bond donors (Lipinski definition) is 1. The van der Waals surface area contributed by atoms with Gasteiger partial charge in [-0.25, -0.2) is 0 Å². The van der Waals surface area contributed by atoms with Crippen molar-refractivity contribution in [3.05, 3.63) is 29.8 Å². The summed E-state index contributed by atoms with van der Waals surface area (Å²) in [5.41, 5.74) is 0.956. The summed E-state index contributed by atoms with van der Waals surface area (Å²) in [4.78, 5) is 12.0. The van der Waals surface area contributed by atoms with E-state index < -0.39 is 0 Å². The molecule has 4 heteroatoms. The van der Waals surface area contributed by atoms with E-state index in [1.54, 1.807) is 7.11 Å². The number of rotatable bonds is 8. The van der Waals surface area contributed by atoms with Crippen LogP contribution in [0.4, 0.5) is 0 Å². The van der Waals surface area contributed by atoms with Crippen LogP contribution < -0.4 is 10.1 Å². The largest absolute Gasteiger partial charge is 0.497 e. The van der Waals surface area contributed by atoms with Crippen LogP contribution in [0.3, 0.4) is 0 Å². The fourth-order valence-corrected chi connectivity index (χ4v) is 2.53. The Hall–Kier alpha value is -1.22. The van der Waals surface area contributed by atoms with E-state index in [4.69, 9.17) is 16.3 Å². The van der Waals surface area contributed by atoms with Gasteiger partial charge in [-0.3, -0.25) is 4.79 Å². The zero-order valence-corrected chi connectivity index (χ0v) is 13.3. The summed E-state index contributed by atoms with van der Waals surface area (Å²) in [5.74, 6) is 1.36. The van der Waals surface area contributed by atoms with Crippen molar-refractivity contribution < 1.29 is 9.53 Å². The van der Waals surface area contributed by atoms with E-state index in [9.17, 15) is 4.79 Å². The minimum atomic E-state index is 0.00555. The van der Waals surface area contributed by atoms with E-state index in [0.29, 0.717) is 18.8 Å². The minimum Gasteiger partial charge on any atom is -0.497 e. The molecule has 1 amide bonds. The number of amides is 1. The molecule has 0 aliphatic rings. The maximum absolute atomic E-state index is 12.0. The molecule has 0 bridgehead atoms. The Kier molecular flexibility index (Phi) is 6.86. The van der Waals surface area contributed by atoms with Gasteiger partial charge in [0.1, 0.15) is 5.75 Å². The van der Waals surface area contributed by atoms with Crippen molar-refractivity contribution in [2.45, 2.75) is 33.1 Å². The number of methoxy groups -OCH3 is 1. The highest BCUT2D eigenvalue weighted by atomic mass is 35.5. The highest BCUT2D eigenvalue weighted by molar-refractivity contribution is 6.18. The maximum atomic E-state index is 12.0. The summed E-state index contributed by atoms with van der Waals surface area (Å²) in [6.45, 7) is 4.85. The molecule has 112 valence electrons. The van der Waals surface area contributed by atoms with Gasteiger partial charge in [0.05, 0.1) is 13.5 Å². The Bertz CT molecular complexity index is 422. The number of alkyl halides is 1. The third-order valence-corrected chi connectivity index (χ3v) is 4.51. The highest BCUT2D eigenvalue weighted by Crippen LogP contribution is 2.26. The van der Waals surface area contributed by atoms with E-state index in [1.165, 1.54) is 0 Å². The molecule has 0 heterocycles. The molecular formula is C16H24ClNO2. The van der Waals surface area contributed by atoms with Crippen LogP contribution in [-0.2, 0) is 11.2 Å². The van der Waals surface area contributed by atoms with Crippen LogP contribution >= 0.6 is 11.6 Å². The zero-order chi connectivity index (χ0) is 15.0. The molecule has 1 aromatic rings.